The predicted molar refractivity (Wildman–Crippen MR) is 169 cm³/mol. The summed E-state index contributed by atoms with van der Waals surface area (Å²) in [7, 11) is 7.01. The Hall–Kier alpha value is -3.67. The van der Waals surface area contributed by atoms with E-state index in [1.54, 1.807) is 40.0 Å². The lowest BCUT2D eigenvalue weighted by molar-refractivity contribution is -0.116. The van der Waals surface area contributed by atoms with Crippen molar-refractivity contribution in [1.29, 1.82) is 5.26 Å². The summed E-state index contributed by atoms with van der Waals surface area (Å²) in [5.41, 5.74) is 4.20. The number of ether oxygens (including phenoxy) is 3. The first kappa shape index (κ1) is 31.3. The molecule has 2 atom stereocenters. The molecular weight excluding hydrogens is 546 g/mol. The minimum absolute atomic E-state index is 0.0336. The molecule has 0 radical (unpaired) electrons. The first-order chi connectivity index (χ1) is 20.3. The number of thioether (sulfide) groups is 1. The van der Waals surface area contributed by atoms with Crippen LogP contribution in [0.2, 0.25) is 0 Å². The highest BCUT2D eigenvalue weighted by molar-refractivity contribution is 8.00. The fourth-order valence-electron chi connectivity index (χ4n) is 5.77. The van der Waals surface area contributed by atoms with Gasteiger partial charge in [-0.15, -0.1) is 0 Å². The van der Waals surface area contributed by atoms with Gasteiger partial charge in [0.2, 0.25) is 5.91 Å². The zero-order valence-electron chi connectivity index (χ0n) is 25.5. The molecule has 1 aliphatic rings. The van der Waals surface area contributed by atoms with E-state index in [1.807, 2.05) is 59.5 Å². The van der Waals surface area contributed by atoms with Gasteiger partial charge in [0.05, 0.1) is 33.1 Å². The highest BCUT2D eigenvalue weighted by atomic mass is 32.2. The minimum Gasteiger partial charge on any atom is -0.495 e. The fourth-order valence-corrected chi connectivity index (χ4v) is 7.00. The molecule has 1 heterocycles. The third-order valence-corrected chi connectivity index (χ3v) is 9.56. The van der Waals surface area contributed by atoms with Gasteiger partial charge < -0.3 is 19.1 Å². The van der Waals surface area contributed by atoms with Crippen molar-refractivity contribution in [3.05, 3.63) is 77.4 Å². The highest BCUT2D eigenvalue weighted by Crippen LogP contribution is 2.47. The maximum Gasteiger partial charge on any atom is 0.223 e. The molecule has 3 aromatic rings. The summed E-state index contributed by atoms with van der Waals surface area (Å²) in [5.74, 6) is 2.02. The Labute approximate surface area is 254 Å². The standard InChI is InChI=1S/C34H41N3O4S/c1-24(28-16-18-31(40-5)33-29(28)14-10-21-37(33)25(2)38)36(3)20-11-19-34(23-35,42-27-12-8-7-9-13-27)26-15-17-30(39-4)32(22-26)41-6/h7-9,12-13,15-18,22,24H,10-11,14,19-21H2,1-6H3. The molecule has 0 N–H and O–H groups in total. The summed E-state index contributed by atoms with van der Waals surface area (Å²) in [5, 5.41) is 10.7. The van der Waals surface area contributed by atoms with E-state index in [0.717, 1.165) is 47.7 Å². The molecule has 42 heavy (non-hydrogen) atoms. The van der Waals surface area contributed by atoms with Crippen LogP contribution < -0.4 is 19.1 Å². The van der Waals surface area contributed by atoms with Gasteiger partial charge >= 0.3 is 0 Å². The number of anilines is 1. The van der Waals surface area contributed by atoms with Crippen LogP contribution in [0.15, 0.2) is 65.6 Å². The second-order valence-electron chi connectivity index (χ2n) is 10.6. The molecule has 4 rings (SSSR count). The van der Waals surface area contributed by atoms with Crippen LogP contribution in [0.3, 0.4) is 0 Å². The van der Waals surface area contributed by atoms with Crippen molar-refractivity contribution in [1.82, 2.24) is 4.90 Å². The number of nitrogens with zero attached hydrogens (tertiary/aromatic N) is 3. The minimum atomic E-state index is -0.813. The van der Waals surface area contributed by atoms with Crippen LogP contribution in [0.25, 0.3) is 0 Å². The number of benzene rings is 3. The maximum atomic E-state index is 12.4. The first-order valence-electron chi connectivity index (χ1n) is 14.3. The van der Waals surface area contributed by atoms with E-state index in [1.165, 1.54) is 11.1 Å². The lowest BCUT2D eigenvalue weighted by Crippen LogP contribution is -2.35. The Morgan fingerprint density at radius 2 is 1.74 bits per heavy atom. The summed E-state index contributed by atoms with van der Waals surface area (Å²) in [6.45, 7) is 5.33. The van der Waals surface area contributed by atoms with Gasteiger partial charge in [-0.1, -0.05) is 42.1 Å². The van der Waals surface area contributed by atoms with Gasteiger partial charge in [-0.25, -0.2) is 0 Å². The molecule has 3 aromatic carbocycles. The van der Waals surface area contributed by atoms with Crippen molar-refractivity contribution in [2.24, 2.45) is 0 Å². The van der Waals surface area contributed by atoms with Crippen molar-refractivity contribution in [3.8, 4) is 23.3 Å². The van der Waals surface area contributed by atoms with Crippen LogP contribution in [-0.2, 0) is 16.0 Å². The smallest absolute Gasteiger partial charge is 0.223 e. The van der Waals surface area contributed by atoms with Crippen LogP contribution in [0.1, 0.15) is 55.8 Å². The summed E-state index contributed by atoms with van der Waals surface area (Å²) in [6, 6.07) is 22.7. The summed E-state index contributed by atoms with van der Waals surface area (Å²) in [4.78, 5) is 17.7. The molecule has 2 unspecified atom stereocenters. The molecule has 1 amide bonds. The molecule has 8 heteroatoms. The van der Waals surface area contributed by atoms with Gasteiger partial charge in [0.15, 0.2) is 11.5 Å². The van der Waals surface area contributed by atoms with E-state index in [0.29, 0.717) is 24.5 Å². The quantitative estimate of drug-likeness (QED) is 0.211. The number of fused-ring (bicyclic) bond motifs is 1. The second kappa shape index (κ2) is 14.0. The van der Waals surface area contributed by atoms with E-state index >= 15 is 0 Å². The normalized spacial score (nSPS) is 14.9. The molecule has 0 saturated heterocycles. The van der Waals surface area contributed by atoms with E-state index in [2.05, 4.69) is 31.0 Å². The number of hydrogen-bond acceptors (Lipinski definition) is 7. The third kappa shape index (κ3) is 6.53. The molecule has 1 aliphatic heterocycles. The highest BCUT2D eigenvalue weighted by Gasteiger charge is 2.35. The number of amides is 1. The summed E-state index contributed by atoms with van der Waals surface area (Å²) >= 11 is 1.58. The van der Waals surface area contributed by atoms with Crippen LogP contribution in [-0.4, -0.2) is 52.3 Å². The number of carbonyl (C=O) groups excluding carboxylic acids is 1. The lowest BCUT2D eigenvalue weighted by atomic mass is 9.91. The van der Waals surface area contributed by atoms with Crippen molar-refractivity contribution in [3.63, 3.8) is 0 Å². The van der Waals surface area contributed by atoms with Gasteiger partial charge in [0.25, 0.3) is 0 Å². The van der Waals surface area contributed by atoms with Crippen LogP contribution in [0.5, 0.6) is 17.2 Å². The van der Waals surface area contributed by atoms with E-state index < -0.39 is 4.75 Å². The van der Waals surface area contributed by atoms with Crippen molar-refractivity contribution < 1.29 is 19.0 Å². The van der Waals surface area contributed by atoms with Gasteiger partial charge in [0.1, 0.15) is 10.5 Å². The first-order valence-corrected chi connectivity index (χ1v) is 15.2. The van der Waals surface area contributed by atoms with Gasteiger partial charge in [-0.2, -0.15) is 5.26 Å². The van der Waals surface area contributed by atoms with E-state index in [-0.39, 0.29) is 11.9 Å². The third-order valence-electron chi connectivity index (χ3n) is 8.18. The van der Waals surface area contributed by atoms with Crippen molar-refractivity contribution >= 4 is 23.4 Å². The van der Waals surface area contributed by atoms with Gasteiger partial charge in [-0.05, 0) is 93.2 Å². The molecule has 0 saturated carbocycles. The maximum absolute atomic E-state index is 12.4. The molecule has 0 spiro atoms. The molecular formula is C34H41N3O4S. The van der Waals surface area contributed by atoms with Crippen molar-refractivity contribution in [2.45, 2.75) is 55.2 Å². The molecule has 0 fully saturated rings. The zero-order valence-corrected chi connectivity index (χ0v) is 26.3. The number of nitriles is 1. The molecule has 0 bridgehead atoms. The second-order valence-corrected chi connectivity index (χ2v) is 12.0. The fraction of sp³-hybridized carbons (Fsp3) is 0.412. The molecule has 222 valence electrons. The SMILES string of the molecule is COc1ccc(C(C#N)(CCCN(C)C(C)c2ccc(OC)c3c2CCCN3C(C)=O)Sc2ccccc2)cc1OC. The molecule has 0 aromatic heterocycles. The van der Waals surface area contributed by atoms with Crippen LogP contribution in [0.4, 0.5) is 5.69 Å². The Morgan fingerprint density at radius 1 is 1.05 bits per heavy atom. The van der Waals surface area contributed by atoms with E-state index in [9.17, 15) is 10.1 Å². The monoisotopic (exact) mass is 587 g/mol. The van der Waals surface area contributed by atoms with Gasteiger partial charge in [0, 0.05) is 24.4 Å². The summed E-state index contributed by atoms with van der Waals surface area (Å²) < 4.78 is 15.9. The average Bonchev–Trinajstić information content (AvgIpc) is 3.02. The van der Waals surface area contributed by atoms with Crippen LogP contribution >= 0.6 is 11.8 Å². The number of rotatable bonds is 12. The summed E-state index contributed by atoms with van der Waals surface area (Å²) in [6.07, 6.45) is 3.29. The number of hydrogen-bond donors (Lipinski definition) is 0. The lowest BCUT2D eigenvalue weighted by Gasteiger charge is -2.35. The number of carbonyl (C=O) groups is 1. The van der Waals surface area contributed by atoms with E-state index in [4.69, 9.17) is 14.2 Å². The van der Waals surface area contributed by atoms with Gasteiger partial charge in [-0.3, -0.25) is 9.69 Å². The average molecular weight is 588 g/mol. The van der Waals surface area contributed by atoms with Crippen molar-refractivity contribution in [2.75, 3.05) is 46.4 Å². The van der Waals surface area contributed by atoms with Crippen LogP contribution in [0, 0.1) is 11.3 Å². The predicted octanol–water partition coefficient (Wildman–Crippen LogP) is 7.00. The Kier molecular flexibility index (Phi) is 10.4. The number of methoxy groups -OCH3 is 3. The largest absolute Gasteiger partial charge is 0.495 e. The Morgan fingerprint density at radius 3 is 2.38 bits per heavy atom. The Balaban J connectivity index is 1.58. The topological polar surface area (TPSA) is 75.0 Å². The zero-order chi connectivity index (χ0) is 30.3. The Bertz CT molecular complexity index is 1420. The molecule has 7 nitrogen and oxygen atoms in total. The molecule has 0 aliphatic carbocycles.